The number of nitrogens with zero attached hydrogens (tertiary/aromatic N) is 1. The number of rotatable bonds is 3. The van der Waals surface area contributed by atoms with Gasteiger partial charge < -0.3 is 14.7 Å². The molecule has 1 N–H and O–H groups in total. The highest BCUT2D eigenvalue weighted by Gasteiger charge is 2.41. The van der Waals surface area contributed by atoms with Crippen LogP contribution in [0.2, 0.25) is 0 Å². The minimum Gasteiger partial charge on any atom is -0.445 e. The molecule has 0 atom stereocenters. The number of amides is 1. The standard InChI is InChI=1S/C13H15NO3/c1-2-13(16)9-14(10-13)12(15)17-8-11-6-4-3-5-7-11/h2-7,16H,1,8-10H2. The lowest BCUT2D eigenvalue weighted by Crippen LogP contribution is -2.62. The Morgan fingerprint density at radius 1 is 1.47 bits per heavy atom. The molecule has 0 aliphatic carbocycles. The van der Waals surface area contributed by atoms with Gasteiger partial charge >= 0.3 is 6.09 Å². The molecule has 1 heterocycles. The molecule has 2 rings (SSSR count). The van der Waals surface area contributed by atoms with Crippen molar-refractivity contribution in [1.82, 2.24) is 4.90 Å². The van der Waals surface area contributed by atoms with E-state index in [1.54, 1.807) is 0 Å². The fourth-order valence-electron chi connectivity index (χ4n) is 1.68. The molecular weight excluding hydrogens is 218 g/mol. The maximum absolute atomic E-state index is 11.6. The summed E-state index contributed by atoms with van der Waals surface area (Å²) in [6.45, 7) is 4.27. The van der Waals surface area contributed by atoms with E-state index < -0.39 is 11.7 Å². The van der Waals surface area contributed by atoms with Crippen molar-refractivity contribution in [2.75, 3.05) is 13.1 Å². The maximum Gasteiger partial charge on any atom is 0.410 e. The Bertz CT molecular complexity index is 410. The number of carbonyl (C=O) groups is 1. The van der Waals surface area contributed by atoms with Crippen molar-refractivity contribution in [3.63, 3.8) is 0 Å². The molecule has 1 aliphatic rings. The van der Waals surface area contributed by atoms with Gasteiger partial charge in [0.1, 0.15) is 12.2 Å². The molecule has 0 radical (unpaired) electrons. The summed E-state index contributed by atoms with van der Waals surface area (Å²) >= 11 is 0. The summed E-state index contributed by atoms with van der Waals surface area (Å²) in [6, 6.07) is 9.48. The first-order chi connectivity index (χ1) is 8.13. The zero-order valence-electron chi connectivity index (χ0n) is 9.50. The first-order valence-electron chi connectivity index (χ1n) is 5.44. The van der Waals surface area contributed by atoms with Crippen molar-refractivity contribution in [3.8, 4) is 0 Å². The second-order valence-electron chi connectivity index (χ2n) is 4.20. The third kappa shape index (κ3) is 2.65. The van der Waals surface area contributed by atoms with Gasteiger partial charge in [0.2, 0.25) is 0 Å². The molecule has 1 amide bonds. The van der Waals surface area contributed by atoms with Crippen LogP contribution in [0, 0.1) is 0 Å². The van der Waals surface area contributed by atoms with Crippen LogP contribution in [0.15, 0.2) is 43.0 Å². The van der Waals surface area contributed by atoms with E-state index in [-0.39, 0.29) is 19.7 Å². The Balaban J connectivity index is 1.78. The molecular formula is C13H15NO3. The van der Waals surface area contributed by atoms with E-state index in [1.165, 1.54) is 11.0 Å². The minimum atomic E-state index is -0.939. The summed E-state index contributed by atoms with van der Waals surface area (Å²) in [4.78, 5) is 13.0. The van der Waals surface area contributed by atoms with Crippen molar-refractivity contribution in [2.24, 2.45) is 0 Å². The quantitative estimate of drug-likeness (QED) is 0.806. The fraction of sp³-hybridized carbons (Fsp3) is 0.308. The lowest BCUT2D eigenvalue weighted by Gasteiger charge is -2.43. The zero-order valence-corrected chi connectivity index (χ0v) is 9.50. The van der Waals surface area contributed by atoms with Crippen molar-refractivity contribution in [1.29, 1.82) is 0 Å². The number of likely N-dealkylation sites (tertiary alicyclic amines) is 1. The molecule has 17 heavy (non-hydrogen) atoms. The first kappa shape index (κ1) is 11.7. The average Bonchev–Trinajstić information content (AvgIpc) is 2.33. The van der Waals surface area contributed by atoms with Crippen molar-refractivity contribution in [3.05, 3.63) is 48.6 Å². The van der Waals surface area contributed by atoms with Gasteiger partial charge in [-0.15, -0.1) is 6.58 Å². The molecule has 4 heteroatoms. The summed E-state index contributed by atoms with van der Waals surface area (Å²) in [5, 5.41) is 9.66. The monoisotopic (exact) mass is 233 g/mol. The predicted molar refractivity (Wildman–Crippen MR) is 63.3 cm³/mol. The van der Waals surface area contributed by atoms with Crippen LogP contribution in [0.1, 0.15) is 5.56 Å². The number of carbonyl (C=O) groups excluding carboxylic acids is 1. The highest BCUT2D eigenvalue weighted by molar-refractivity contribution is 5.69. The van der Waals surface area contributed by atoms with Crippen LogP contribution in [0.4, 0.5) is 4.79 Å². The number of benzene rings is 1. The molecule has 0 saturated carbocycles. The summed E-state index contributed by atoms with van der Waals surface area (Å²) < 4.78 is 5.11. The van der Waals surface area contributed by atoms with Gasteiger partial charge in [-0.25, -0.2) is 4.79 Å². The van der Waals surface area contributed by atoms with Gasteiger partial charge in [0.25, 0.3) is 0 Å². The molecule has 0 aromatic heterocycles. The number of ether oxygens (including phenoxy) is 1. The molecule has 1 saturated heterocycles. The van der Waals surface area contributed by atoms with Gasteiger partial charge in [0.05, 0.1) is 13.1 Å². The molecule has 4 nitrogen and oxygen atoms in total. The topological polar surface area (TPSA) is 49.8 Å². The predicted octanol–water partition coefficient (Wildman–Crippen LogP) is 1.56. The Morgan fingerprint density at radius 3 is 2.71 bits per heavy atom. The van der Waals surface area contributed by atoms with Crippen molar-refractivity contribution < 1.29 is 14.6 Å². The van der Waals surface area contributed by atoms with E-state index in [4.69, 9.17) is 4.74 Å². The molecule has 0 bridgehead atoms. The Kier molecular flexibility index (Phi) is 3.15. The van der Waals surface area contributed by atoms with Gasteiger partial charge in [-0.2, -0.15) is 0 Å². The zero-order chi connectivity index (χ0) is 12.3. The van der Waals surface area contributed by atoms with Crippen LogP contribution in [0.3, 0.4) is 0 Å². The maximum atomic E-state index is 11.6. The summed E-state index contributed by atoms with van der Waals surface area (Å²) in [5.74, 6) is 0. The molecule has 1 aromatic carbocycles. The van der Waals surface area contributed by atoms with Crippen molar-refractivity contribution >= 4 is 6.09 Å². The van der Waals surface area contributed by atoms with E-state index >= 15 is 0 Å². The summed E-state index contributed by atoms with van der Waals surface area (Å²) in [5.41, 5.74) is 0.00605. The summed E-state index contributed by atoms with van der Waals surface area (Å²) in [7, 11) is 0. The third-order valence-electron chi connectivity index (χ3n) is 2.77. The van der Waals surface area contributed by atoms with Crippen LogP contribution in [0.5, 0.6) is 0 Å². The van der Waals surface area contributed by atoms with Crippen LogP contribution < -0.4 is 0 Å². The van der Waals surface area contributed by atoms with Crippen LogP contribution >= 0.6 is 0 Å². The van der Waals surface area contributed by atoms with Gasteiger partial charge in [-0.3, -0.25) is 0 Å². The van der Waals surface area contributed by atoms with E-state index in [0.29, 0.717) is 0 Å². The van der Waals surface area contributed by atoms with Gasteiger partial charge in [0.15, 0.2) is 0 Å². The van der Waals surface area contributed by atoms with Crippen molar-refractivity contribution in [2.45, 2.75) is 12.2 Å². The van der Waals surface area contributed by atoms with Gasteiger partial charge in [0, 0.05) is 0 Å². The largest absolute Gasteiger partial charge is 0.445 e. The van der Waals surface area contributed by atoms with Crippen LogP contribution in [-0.2, 0) is 11.3 Å². The second kappa shape index (κ2) is 4.59. The van der Waals surface area contributed by atoms with Crippen LogP contribution in [-0.4, -0.2) is 34.8 Å². The van der Waals surface area contributed by atoms with E-state index in [1.807, 2.05) is 30.3 Å². The van der Waals surface area contributed by atoms with Crippen LogP contribution in [0.25, 0.3) is 0 Å². The molecule has 1 aliphatic heterocycles. The molecule has 1 fully saturated rings. The normalized spacial score (nSPS) is 17.1. The van der Waals surface area contributed by atoms with E-state index in [2.05, 4.69) is 6.58 Å². The SMILES string of the molecule is C=CC1(O)CN(C(=O)OCc2ccccc2)C1. The summed E-state index contributed by atoms with van der Waals surface area (Å²) in [6.07, 6.45) is 1.05. The highest BCUT2D eigenvalue weighted by Crippen LogP contribution is 2.22. The van der Waals surface area contributed by atoms with E-state index in [0.717, 1.165) is 5.56 Å². The third-order valence-corrected chi connectivity index (χ3v) is 2.77. The molecule has 90 valence electrons. The molecule has 1 aromatic rings. The smallest absolute Gasteiger partial charge is 0.410 e. The molecule has 0 unspecified atom stereocenters. The lowest BCUT2D eigenvalue weighted by molar-refractivity contribution is -0.0553. The highest BCUT2D eigenvalue weighted by atomic mass is 16.6. The molecule has 0 spiro atoms. The minimum absolute atomic E-state index is 0.253. The fourth-order valence-corrected chi connectivity index (χ4v) is 1.68. The van der Waals surface area contributed by atoms with Gasteiger partial charge in [-0.1, -0.05) is 36.4 Å². The number of hydrogen-bond acceptors (Lipinski definition) is 3. The lowest BCUT2D eigenvalue weighted by atomic mass is 9.95. The van der Waals surface area contributed by atoms with Gasteiger partial charge in [-0.05, 0) is 5.56 Å². The number of aliphatic hydroxyl groups is 1. The Hall–Kier alpha value is -1.81. The Morgan fingerprint density at radius 2 is 2.12 bits per heavy atom. The first-order valence-corrected chi connectivity index (χ1v) is 5.44. The Labute approximate surface area is 100 Å². The average molecular weight is 233 g/mol. The second-order valence-corrected chi connectivity index (χ2v) is 4.20. The van der Waals surface area contributed by atoms with E-state index in [9.17, 15) is 9.90 Å². The number of β-amino-alcohol motifs (C(OH)–C–C–N with tert-alkyl or cyclic N) is 1. The number of hydrogen-bond donors (Lipinski definition) is 1.